The monoisotopic (exact) mass is 379 g/mol. The topological polar surface area (TPSA) is 66.6 Å². The Morgan fingerprint density at radius 1 is 1.33 bits per heavy atom. The highest BCUT2D eigenvalue weighted by Crippen LogP contribution is 2.29. The summed E-state index contributed by atoms with van der Waals surface area (Å²) >= 11 is 3.00. The van der Waals surface area contributed by atoms with Crippen molar-refractivity contribution in [1.29, 1.82) is 0 Å². The Balaban J connectivity index is 2.28. The summed E-state index contributed by atoms with van der Waals surface area (Å²) in [6.45, 7) is 0.772. The Labute approximate surface area is 133 Å². The molecule has 0 bridgehead atoms. The molecule has 118 valence electrons. The maximum absolute atomic E-state index is 14.1. The molecule has 2 rings (SSSR count). The number of nitrogen functional groups attached to an aromatic ring is 1. The smallest absolute Gasteiger partial charge is 0.246 e. The summed E-state index contributed by atoms with van der Waals surface area (Å²) in [5, 5.41) is 0. The lowest BCUT2D eigenvalue weighted by Crippen LogP contribution is -2.44. The SMILES string of the molecule is CN(C)C1CCN(S(=O)(=O)c2cc(N)cc(Br)c2F)CC1. The van der Waals surface area contributed by atoms with Crippen LogP contribution in [-0.4, -0.2) is 50.8 Å². The zero-order valence-corrected chi connectivity index (χ0v) is 14.4. The number of hydrogen-bond donors (Lipinski definition) is 1. The molecule has 0 unspecified atom stereocenters. The average molecular weight is 380 g/mol. The molecule has 0 aliphatic carbocycles. The molecule has 8 heteroatoms. The minimum absolute atomic E-state index is 0.0595. The van der Waals surface area contributed by atoms with E-state index in [0.29, 0.717) is 19.1 Å². The number of hydrogen-bond acceptors (Lipinski definition) is 4. The van der Waals surface area contributed by atoms with Crippen molar-refractivity contribution < 1.29 is 12.8 Å². The first-order chi connectivity index (χ1) is 9.73. The molecule has 0 aromatic heterocycles. The van der Waals surface area contributed by atoms with Crippen molar-refractivity contribution in [2.75, 3.05) is 32.9 Å². The van der Waals surface area contributed by atoms with E-state index in [4.69, 9.17) is 5.73 Å². The first-order valence-electron chi connectivity index (χ1n) is 6.64. The van der Waals surface area contributed by atoms with Crippen LogP contribution in [0.15, 0.2) is 21.5 Å². The molecular weight excluding hydrogens is 361 g/mol. The van der Waals surface area contributed by atoms with Gasteiger partial charge in [-0.05, 0) is 55.0 Å². The highest BCUT2D eigenvalue weighted by atomic mass is 79.9. The third-order valence-corrected chi connectivity index (χ3v) is 6.26. The second-order valence-electron chi connectivity index (χ2n) is 5.41. The standard InChI is InChI=1S/C13H19BrFN3O2S/c1-17(2)10-3-5-18(6-4-10)21(19,20)12-8-9(16)7-11(14)13(12)15/h7-8,10H,3-6,16H2,1-2H3. The largest absolute Gasteiger partial charge is 0.399 e. The number of rotatable bonds is 3. The Morgan fingerprint density at radius 3 is 2.43 bits per heavy atom. The maximum Gasteiger partial charge on any atom is 0.246 e. The molecule has 1 aliphatic rings. The van der Waals surface area contributed by atoms with E-state index in [9.17, 15) is 12.8 Å². The summed E-state index contributed by atoms with van der Waals surface area (Å²) in [5.41, 5.74) is 5.84. The van der Waals surface area contributed by atoms with Gasteiger partial charge in [-0.15, -0.1) is 0 Å². The van der Waals surface area contributed by atoms with Crippen molar-refractivity contribution in [3.63, 3.8) is 0 Å². The summed E-state index contributed by atoms with van der Waals surface area (Å²) in [6.07, 6.45) is 1.47. The van der Waals surface area contributed by atoms with Gasteiger partial charge in [0, 0.05) is 24.8 Å². The molecular formula is C13H19BrFN3O2S. The van der Waals surface area contributed by atoms with Crippen LogP contribution in [0.3, 0.4) is 0 Å². The van der Waals surface area contributed by atoms with Crippen molar-refractivity contribution in [1.82, 2.24) is 9.21 Å². The first kappa shape index (κ1) is 16.7. The quantitative estimate of drug-likeness (QED) is 0.814. The molecule has 0 saturated carbocycles. The van der Waals surface area contributed by atoms with Gasteiger partial charge in [-0.1, -0.05) is 0 Å². The minimum Gasteiger partial charge on any atom is -0.399 e. The summed E-state index contributed by atoms with van der Waals surface area (Å²) in [7, 11) is 0.0944. The number of sulfonamides is 1. The van der Waals surface area contributed by atoms with Gasteiger partial charge < -0.3 is 10.6 Å². The molecule has 1 heterocycles. The predicted octanol–water partition coefficient (Wildman–Crippen LogP) is 1.89. The summed E-state index contributed by atoms with van der Waals surface area (Å²) in [6, 6.07) is 2.88. The molecule has 0 spiro atoms. The molecule has 1 aromatic rings. The Morgan fingerprint density at radius 2 is 1.90 bits per heavy atom. The molecule has 0 amide bonds. The van der Waals surface area contributed by atoms with Gasteiger partial charge in [-0.2, -0.15) is 4.31 Å². The fourth-order valence-electron chi connectivity index (χ4n) is 2.51. The summed E-state index contributed by atoms with van der Waals surface area (Å²) < 4.78 is 40.7. The van der Waals surface area contributed by atoms with Crippen LogP contribution in [0.25, 0.3) is 0 Å². The van der Waals surface area contributed by atoms with E-state index in [2.05, 4.69) is 20.8 Å². The van der Waals surface area contributed by atoms with E-state index in [-0.39, 0.29) is 15.1 Å². The highest BCUT2D eigenvalue weighted by molar-refractivity contribution is 9.10. The highest BCUT2D eigenvalue weighted by Gasteiger charge is 2.32. The Kier molecular flexibility index (Phi) is 4.92. The van der Waals surface area contributed by atoms with E-state index < -0.39 is 15.8 Å². The Bertz CT molecular complexity index is 629. The normalized spacial score (nSPS) is 18.3. The fraction of sp³-hybridized carbons (Fsp3) is 0.538. The zero-order valence-electron chi connectivity index (χ0n) is 12.0. The molecule has 0 atom stereocenters. The van der Waals surface area contributed by atoms with Crippen LogP contribution in [0.1, 0.15) is 12.8 Å². The van der Waals surface area contributed by atoms with Crippen molar-refractivity contribution in [2.45, 2.75) is 23.8 Å². The number of anilines is 1. The second kappa shape index (κ2) is 6.20. The van der Waals surface area contributed by atoms with Gasteiger partial charge in [-0.3, -0.25) is 0 Å². The van der Waals surface area contributed by atoms with Crippen LogP contribution in [-0.2, 0) is 10.0 Å². The minimum atomic E-state index is -3.86. The van der Waals surface area contributed by atoms with Gasteiger partial charge >= 0.3 is 0 Å². The van der Waals surface area contributed by atoms with E-state index >= 15 is 0 Å². The number of nitrogens with two attached hydrogens (primary N) is 1. The molecule has 2 N–H and O–H groups in total. The van der Waals surface area contributed by atoms with Crippen LogP contribution in [0.2, 0.25) is 0 Å². The van der Waals surface area contributed by atoms with Crippen LogP contribution in [0, 0.1) is 5.82 Å². The number of piperidine rings is 1. The third kappa shape index (κ3) is 3.39. The van der Waals surface area contributed by atoms with Crippen molar-refractivity contribution in [3.05, 3.63) is 22.4 Å². The molecule has 0 radical (unpaired) electrons. The van der Waals surface area contributed by atoms with E-state index in [1.165, 1.54) is 16.4 Å². The number of benzene rings is 1. The van der Waals surface area contributed by atoms with Gasteiger partial charge in [0.05, 0.1) is 4.47 Å². The van der Waals surface area contributed by atoms with Crippen LogP contribution in [0.5, 0.6) is 0 Å². The van der Waals surface area contributed by atoms with Gasteiger partial charge in [-0.25, -0.2) is 12.8 Å². The van der Waals surface area contributed by atoms with E-state index in [1.807, 2.05) is 14.1 Å². The number of nitrogens with zero attached hydrogens (tertiary/aromatic N) is 2. The van der Waals surface area contributed by atoms with Crippen molar-refractivity contribution in [3.8, 4) is 0 Å². The third-order valence-electron chi connectivity index (χ3n) is 3.79. The Hall–Kier alpha value is -0.700. The van der Waals surface area contributed by atoms with E-state index in [0.717, 1.165) is 12.8 Å². The van der Waals surface area contributed by atoms with Gasteiger partial charge in [0.15, 0.2) is 5.82 Å². The molecule has 21 heavy (non-hydrogen) atoms. The lowest BCUT2D eigenvalue weighted by atomic mass is 10.1. The average Bonchev–Trinajstić information content (AvgIpc) is 2.42. The molecule has 1 aromatic carbocycles. The summed E-state index contributed by atoms with van der Waals surface area (Å²) in [5.74, 6) is -0.793. The zero-order chi connectivity index (χ0) is 15.8. The lowest BCUT2D eigenvalue weighted by Gasteiger charge is -2.34. The summed E-state index contributed by atoms with van der Waals surface area (Å²) in [4.78, 5) is 1.72. The van der Waals surface area contributed by atoms with Gasteiger partial charge in [0.1, 0.15) is 4.90 Å². The predicted molar refractivity (Wildman–Crippen MR) is 84.0 cm³/mol. The van der Waals surface area contributed by atoms with Gasteiger partial charge in [0.2, 0.25) is 10.0 Å². The van der Waals surface area contributed by atoms with Crippen molar-refractivity contribution >= 4 is 31.6 Å². The molecule has 1 saturated heterocycles. The maximum atomic E-state index is 14.1. The molecule has 5 nitrogen and oxygen atoms in total. The molecule has 1 aliphatic heterocycles. The number of halogens is 2. The van der Waals surface area contributed by atoms with Crippen LogP contribution >= 0.6 is 15.9 Å². The fourth-order valence-corrected chi connectivity index (χ4v) is 4.71. The van der Waals surface area contributed by atoms with Crippen LogP contribution < -0.4 is 5.73 Å². The molecule has 1 fully saturated rings. The lowest BCUT2D eigenvalue weighted by molar-refractivity contribution is 0.196. The van der Waals surface area contributed by atoms with Crippen LogP contribution in [0.4, 0.5) is 10.1 Å². The van der Waals surface area contributed by atoms with Gasteiger partial charge in [0.25, 0.3) is 0 Å². The first-order valence-corrected chi connectivity index (χ1v) is 8.88. The van der Waals surface area contributed by atoms with Crippen molar-refractivity contribution in [2.24, 2.45) is 0 Å². The second-order valence-corrected chi connectivity index (χ2v) is 8.17. The van der Waals surface area contributed by atoms with E-state index in [1.54, 1.807) is 0 Å².